The summed E-state index contributed by atoms with van der Waals surface area (Å²) in [4.78, 5) is 3.83. The summed E-state index contributed by atoms with van der Waals surface area (Å²) in [6.45, 7) is 3.00. The maximum atomic E-state index is 3.83. The van der Waals surface area contributed by atoms with Gasteiger partial charge in [-0.1, -0.05) is 5.57 Å². The van der Waals surface area contributed by atoms with Gasteiger partial charge in [0.25, 0.3) is 0 Å². The van der Waals surface area contributed by atoms with Gasteiger partial charge in [0.1, 0.15) is 0 Å². The third-order valence-electron chi connectivity index (χ3n) is 0.964. The van der Waals surface area contributed by atoms with Crippen molar-refractivity contribution in [1.29, 1.82) is 0 Å². The van der Waals surface area contributed by atoms with E-state index in [2.05, 4.69) is 17.2 Å². The summed E-state index contributed by atoms with van der Waals surface area (Å²) in [6.07, 6.45) is 3.79. The molecular formula is C7H14N2. The number of hydrogen-bond acceptors (Lipinski definition) is 2. The molecule has 0 aliphatic heterocycles. The van der Waals surface area contributed by atoms with E-state index in [1.54, 1.807) is 13.3 Å². The molecule has 52 valence electrons. The lowest BCUT2D eigenvalue weighted by Gasteiger charge is -1.94. The van der Waals surface area contributed by atoms with Crippen molar-refractivity contribution in [2.24, 2.45) is 4.99 Å². The van der Waals surface area contributed by atoms with E-state index in [0.29, 0.717) is 0 Å². The lowest BCUT2D eigenvalue weighted by molar-refractivity contribution is 0.881. The molecule has 0 heterocycles. The summed E-state index contributed by atoms with van der Waals surface area (Å²) in [7, 11) is 3.70. The van der Waals surface area contributed by atoms with Gasteiger partial charge in [0, 0.05) is 19.8 Å². The van der Waals surface area contributed by atoms with Crippen LogP contribution < -0.4 is 5.32 Å². The monoisotopic (exact) mass is 126 g/mol. The van der Waals surface area contributed by atoms with Crippen LogP contribution in [0.2, 0.25) is 0 Å². The largest absolute Gasteiger partial charge is 0.316 e. The van der Waals surface area contributed by atoms with Gasteiger partial charge in [-0.2, -0.15) is 0 Å². The van der Waals surface area contributed by atoms with Crippen molar-refractivity contribution < 1.29 is 0 Å². The molecule has 0 aromatic carbocycles. The summed E-state index contributed by atoms with van der Waals surface area (Å²) in [5.41, 5.74) is 1.29. The Bertz CT molecular complexity index is 114. The second-order valence-electron chi connectivity index (χ2n) is 1.95. The van der Waals surface area contributed by atoms with Crippen LogP contribution in [0.1, 0.15) is 6.92 Å². The van der Waals surface area contributed by atoms with Gasteiger partial charge in [-0.3, -0.25) is 4.99 Å². The molecule has 0 aromatic heterocycles. The normalized spacial score (nSPS) is 13.0. The number of nitrogens with zero attached hydrogens (tertiary/aromatic N) is 1. The summed E-state index contributed by atoms with van der Waals surface area (Å²) in [5.74, 6) is 0. The maximum absolute atomic E-state index is 3.83. The first kappa shape index (κ1) is 8.37. The van der Waals surface area contributed by atoms with Crippen LogP contribution in [0.4, 0.5) is 0 Å². The van der Waals surface area contributed by atoms with Gasteiger partial charge in [-0.15, -0.1) is 0 Å². The van der Waals surface area contributed by atoms with Crippen molar-refractivity contribution in [3.05, 3.63) is 11.6 Å². The van der Waals surface area contributed by atoms with Crippen LogP contribution in [-0.2, 0) is 0 Å². The van der Waals surface area contributed by atoms with Crippen molar-refractivity contribution in [2.75, 3.05) is 20.6 Å². The molecule has 1 N–H and O–H groups in total. The molecule has 2 heteroatoms. The third-order valence-corrected chi connectivity index (χ3v) is 0.964. The van der Waals surface area contributed by atoms with E-state index >= 15 is 0 Å². The molecule has 0 aliphatic rings. The first-order chi connectivity index (χ1) is 4.31. The zero-order valence-electron chi connectivity index (χ0n) is 6.31. The highest BCUT2D eigenvalue weighted by Crippen LogP contribution is 1.85. The van der Waals surface area contributed by atoms with Gasteiger partial charge < -0.3 is 5.32 Å². The molecule has 0 saturated heterocycles. The first-order valence-corrected chi connectivity index (χ1v) is 3.03. The predicted molar refractivity (Wildman–Crippen MR) is 42.1 cm³/mol. The number of likely N-dealkylation sites (N-methyl/N-ethyl adjacent to an activating group) is 1. The van der Waals surface area contributed by atoms with Crippen LogP contribution in [0.15, 0.2) is 16.6 Å². The van der Waals surface area contributed by atoms with E-state index < -0.39 is 0 Å². The zero-order valence-corrected chi connectivity index (χ0v) is 6.31. The molecule has 2 nitrogen and oxygen atoms in total. The van der Waals surface area contributed by atoms with Crippen LogP contribution in [0, 0.1) is 0 Å². The second kappa shape index (κ2) is 5.51. The van der Waals surface area contributed by atoms with Gasteiger partial charge in [0.05, 0.1) is 0 Å². The van der Waals surface area contributed by atoms with Crippen molar-refractivity contribution in [3.8, 4) is 0 Å². The van der Waals surface area contributed by atoms with Crippen LogP contribution >= 0.6 is 0 Å². The summed E-state index contributed by atoms with van der Waals surface area (Å²) < 4.78 is 0. The van der Waals surface area contributed by atoms with Crippen LogP contribution in [0.5, 0.6) is 0 Å². The predicted octanol–water partition coefficient (Wildman–Crippen LogP) is 0.853. The second-order valence-corrected chi connectivity index (χ2v) is 1.95. The maximum Gasteiger partial charge on any atom is 0.0277 e. The molecule has 9 heavy (non-hydrogen) atoms. The Morgan fingerprint density at radius 3 is 2.78 bits per heavy atom. The fraction of sp³-hybridized carbons (Fsp3) is 0.571. The van der Waals surface area contributed by atoms with Crippen LogP contribution in [0.3, 0.4) is 0 Å². The van der Waals surface area contributed by atoms with Gasteiger partial charge in [-0.05, 0) is 20.0 Å². The topological polar surface area (TPSA) is 24.4 Å². The third kappa shape index (κ3) is 5.24. The fourth-order valence-electron chi connectivity index (χ4n) is 0.540. The Balaban J connectivity index is 3.55. The average Bonchev–Trinajstić information content (AvgIpc) is 1.85. The Morgan fingerprint density at radius 1 is 1.67 bits per heavy atom. The van der Waals surface area contributed by atoms with Crippen molar-refractivity contribution in [3.63, 3.8) is 0 Å². The molecule has 0 atom stereocenters. The number of rotatable bonds is 3. The highest BCUT2D eigenvalue weighted by atomic mass is 14.8. The van der Waals surface area contributed by atoms with Gasteiger partial charge in [0.15, 0.2) is 0 Å². The summed E-state index contributed by atoms with van der Waals surface area (Å²) >= 11 is 0. The number of aliphatic imine (C=N–C) groups is 1. The summed E-state index contributed by atoms with van der Waals surface area (Å²) in [5, 5.41) is 3.05. The molecule has 0 radical (unpaired) electrons. The van der Waals surface area contributed by atoms with E-state index in [-0.39, 0.29) is 0 Å². The van der Waals surface area contributed by atoms with Gasteiger partial charge in [0.2, 0.25) is 0 Å². The molecule has 0 saturated carbocycles. The minimum Gasteiger partial charge on any atom is -0.316 e. The standard InChI is InChI=1S/C7H14N2/c1-7(6-9-3)4-5-8-2/h4-5,9H,6H2,1-3H3/b7-4-,8-5?. The highest BCUT2D eigenvalue weighted by molar-refractivity contribution is 5.71. The molecule has 0 fully saturated rings. The summed E-state index contributed by atoms with van der Waals surface area (Å²) in [6, 6.07) is 0. The van der Waals surface area contributed by atoms with Crippen molar-refractivity contribution >= 4 is 6.21 Å². The van der Waals surface area contributed by atoms with E-state index in [9.17, 15) is 0 Å². The number of allylic oxidation sites excluding steroid dienone is 1. The molecule has 0 spiro atoms. The molecule has 0 aromatic rings. The SMILES string of the molecule is CN=C/C=C(/C)CNC. The Morgan fingerprint density at radius 2 is 2.33 bits per heavy atom. The highest BCUT2D eigenvalue weighted by Gasteiger charge is 1.80. The molecular weight excluding hydrogens is 112 g/mol. The van der Waals surface area contributed by atoms with E-state index in [1.165, 1.54) is 5.57 Å². The first-order valence-electron chi connectivity index (χ1n) is 3.03. The molecule has 0 bridgehead atoms. The Hall–Kier alpha value is -0.630. The Labute approximate surface area is 56.7 Å². The van der Waals surface area contributed by atoms with E-state index in [0.717, 1.165) is 6.54 Å². The van der Waals surface area contributed by atoms with E-state index in [4.69, 9.17) is 0 Å². The van der Waals surface area contributed by atoms with Crippen molar-refractivity contribution in [1.82, 2.24) is 5.32 Å². The fourth-order valence-corrected chi connectivity index (χ4v) is 0.540. The lowest BCUT2D eigenvalue weighted by atomic mass is 10.3. The molecule has 0 rings (SSSR count). The Kier molecular flexibility index (Phi) is 5.12. The number of nitrogens with one attached hydrogen (secondary N) is 1. The van der Waals surface area contributed by atoms with E-state index in [1.807, 2.05) is 13.1 Å². The van der Waals surface area contributed by atoms with Crippen LogP contribution in [-0.4, -0.2) is 26.9 Å². The number of hydrogen-bond donors (Lipinski definition) is 1. The zero-order chi connectivity index (χ0) is 7.11. The van der Waals surface area contributed by atoms with Crippen LogP contribution in [0.25, 0.3) is 0 Å². The molecule has 0 unspecified atom stereocenters. The average molecular weight is 126 g/mol. The van der Waals surface area contributed by atoms with Gasteiger partial charge in [-0.25, -0.2) is 0 Å². The van der Waals surface area contributed by atoms with Crippen molar-refractivity contribution in [2.45, 2.75) is 6.92 Å². The molecule has 0 aliphatic carbocycles. The molecule has 0 amide bonds. The smallest absolute Gasteiger partial charge is 0.0277 e. The quantitative estimate of drug-likeness (QED) is 0.557. The minimum atomic E-state index is 0.937. The lowest BCUT2D eigenvalue weighted by Crippen LogP contribution is -2.08. The minimum absolute atomic E-state index is 0.937. The van der Waals surface area contributed by atoms with Gasteiger partial charge >= 0.3 is 0 Å².